The Balaban J connectivity index is 2.66. The van der Waals surface area contributed by atoms with E-state index in [1.165, 1.54) is 0 Å². The van der Waals surface area contributed by atoms with Gasteiger partial charge in [-0.25, -0.2) is 0 Å². The van der Waals surface area contributed by atoms with Gasteiger partial charge in [0.05, 0.1) is 10.7 Å². The molecule has 1 aromatic rings. The summed E-state index contributed by atoms with van der Waals surface area (Å²) in [5.74, 6) is 0. The van der Waals surface area contributed by atoms with Crippen molar-refractivity contribution in [2.75, 3.05) is 6.54 Å². The van der Waals surface area contributed by atoms with Crippen LogP contribution in [0.25, 0.3) is 12.7 Å². The van der Waals surface area contributed by atoms with Crippen molar-refractivity contribution >= 4 is 24.9 Å². The molecule has 4 N–H and O–H groups in total. The first-order chi connectivity index (χ1) is 6.24. The molecule has 0 amide bonds. The van der Waals surface area contributed by atoms with E-state index >= 15 is 0 Å². The minimum Gasteiger partial charge on any atom is -0.331 e. The molecule has 0 atom stereocenters. The summed E-state index contributed by atoms with van der Waals surface area (Å²) in [7, 11) is 0. The highest BCUT2D eigenvalue weighted by Crippen LogP contribution is 1.92. The lowest BCUT2D eigenvalue weighted by atomic mass is 10.2. The van der Waals surface area contributed by atoms with Crippen molar-refractivity contribution in [3.63, 3.8) is 0 Å². The lowest BCUT2D eigenvalue weighted by Gasteiger charge is -1.90. The van der Waals surface area contributed by atoms with Crippen LogP contribution in [0.5, 0.6) is 0 Å². The number of aromatic amines is 2. The third-order valence-corrected chi connectivity index (χ3v) is 2.05. The van der Waals surface area contributed by atoms with E-state index in [0.29, 0.717) is 4.77 Å². The van der Waals surface area contributed by atoms with E-state index in [1.54, 1.807) is 0 Å². The average Bonchev–Trinajstić information content (AvgIpc) is 2.39. The predicted octanol–water partition coefficient (Wildman–Crippen LogP) is 0.392. The Morgan fingerprint density at radius 3 is 2.69 bits per heavy atom. The Hall–Kier alpha value is -0.870. The molecule has 1 aromatic heterocycles. The van der Waals surface area contributed by atoms with Crippen LogP contribution >= 0.6 is 12.2 Å². The normalized spacial score (nSPS) is 12.2. The van der Waals surface area contributed by atoms with E-state index in [1.807, 2.05) is 0 Å². The zero-order valence-electron chi connectivity index (χ0n) is 7.60. The van der Waals surface area contributed by atoms with Crippen LogP contribution in [-0.4, -0.2) is 16.5 Å². The van der Waals surface area contributed by atoms with Crippen LogP contribution in [0, 0.1) is 4.77 Å². The zero-order chi connectivity index (χ0) is 9.68. The van der Waals surface area contributed by atoms with Crippen LogP contribution in [0.15, 0.2) is 0 Å². The predicted molar refractivity (Wildman–Crippen MR) is 58.1 cm³/mol. The van der Waals surface area contributed by atoms with Gasteiger partial charge in [-0.2, -0.15) is 0 Å². The number of hydrogen-bond donors (Lipinski definition) is 3. The minimum atomic E-state index is 0.634. The van der Waals surface area contributed by atoms with Gasteiger partial charge in [0.1, 0.15) is 0 Å². The van der Waals surface area contributed by atoms with Gasteiger partial charge in [0.15, 0.2) is 4.77 Å². The standard InChI is InChI=1S/C9H15N3S/c1-7-8(12-9(13)11-7)5-3-2-4-6-10/h5H,1-4,6,10H2,(H2,11,12,13). The summed E-state index contributed by atoms with van der Waals surface area (Å²) in [6.45, 7) is 4.59. The number of imidazole rings is 1. The molecule has 1 heterocycles. The van der Waals surface area contributed by atoms with Crippen LogP contribution in [0.3, 0.4) is 0 Å². The maximum Gasteiger partial charge on any atom is 0.175 e. The SMILES string of the molecule is C=c1[nH]c(=S)[nH]c1=CCCCCN. The first kappa shape index (κ1) is 10.2. The molecule has 0 aromatic carbocycles. The topological polar surface area (TPSA) is 57.6 Å². The average molecular weight is 197 g/mol. The molecule has 0 unspecified atom stereocenters. The Bertz CT molecular complexity index is 401. The lowest BCUT2D eigenvalue weighted by molar-refractivity contribution is 0.771. The van der Waals surface area contributed by atoms with Crippen LogP contribution < -0.4 is 16.4 Å². The summed E-state index contributed by atoms with van der Waals surface area (Å²) in [5, 5.41) is 1.86. The minimum absolute atomic E-state index is 0.634. The van der Waals surface area contributed by atoms with Crippen LogP contribution in [0.2, 0.25) is 0 Å². The van der Waals surface area contributed by atoms with E-state index in [2.05, 4.69) is 22.6 Å². The molecule has 1 rings (SSSR count). The van der Waals surface area contributed by atoms with Gasteiger partial charge in [-0.05, 0) is 38.0 Å². The van der Waals surface area contributed by atoms with Crippen molar-refractivity contribution in [2.45, 2.75) is 19.3 Å². The summed E-state index contributed by atoms with van der Waals surface area (Å²) in [5.41, 5.74) is 5.39. The molecule has 0 aliphatic heterocycles. The first-order valence-corrected chi connectivity index (χ1v) is 4.82. The van der Waals surface area contributed by atoms with Crippen molar-refractivity contribution in [3.8, 4) is 0 Å². The molecule has 0 radical (unpaired) electrons. The molecule has 0 spiro atoms. The summed E-state index contributed by atoms with van der Waals surface area (Å²) < 4.78 is 0.634. The number of nitrogens with one attached hydrogen (secondary N) is 2. The van der Waals surface area contributed by atoms with E-state index in [9.17, 15) is 0 Å². The van der Waals surface area contributed by atoms with Gasteiger partial charge in [0.2, 0.25) is 0 Å². The number of aromatic nitrogens is 2. The van der Waals surface area contributed by atoms with Crippen molar-refractivity contribution in [3.05, 3.63) is 15.5 Å². The highest BCUT2D eigenvalue weighted by molar-refractivity contribution is 7.71. The van der Waals surface area contributed by atoms with Crippen molar-refractivity contribution in [2.24, 2.45) is 5.73 Å². The number of hydrogen-bond acceptors (Lipinski definition) is 2. The molecule has 0 fully saturated rings. The van der Waals surface area contributed by atoms with Gasteiger partial charge < -0.3 is 15.7 Å². The Morgan fingerprint density at radius 2 is 2.15 bits per heavy atom. The van der Waals surface area contributed by atoms with Gasteiger partial charge >= 0.3 is 0 Å². The maximum absolute atomic E-state index is 5.39. The van der Waals surface area contributed by atoms with Gasteiger partial charge in [0, 0.05) is 0 Å². The fourth-order valence-electron chi connectivity index (χ4n) is 1.14. The molecular formula is C9H15N3S. The third-order valence-electron chi connectivity index (χ3n) is 1.84. The first-order valence-electron chi connectivity index (χ1n) is 4.41. The summed E-state index contributed by atoms with van der Waals surface area (Å²) in [6, 6.07) is 0. The quantitative estimate of drug-likeness (QED) is 0.483. The van der Waals surface area contributed by atoms with Crippen molar-refractivity contribution in [1.82, 2.24) is 9.97 Å². The van der Waals surface area contributed by atoms with Crippen LogP contribution in [0.4, 0.5) is 0 Å². The molecule has 0 saturated carbocycles. The van der Waals surface area contributed by atoms with Crippen LogP contribution in [0.1, 0.15) is 19.3 Å². The second-order valence-electron chi connectivity index (χ2n) is 2.96. The Morgan fingerprint density at radius 1 is 1.38 bits per heavy atom. The van der Waals surface area contributed by atoms with Gasteiger partial charge in [-0.3, -0.25) is 0 Å². The van der Waals surface area contributed by atoms with E-state index in [0.717, 1.165) is 36.5 Å². The molecule has 0 bridgehead atoms. The number of unbranched alkanes of at least 4 members (excludes halogenated alkanes) is 2. The fraction of sp³-hybridized carbons (Fsp3) is 0.444. The molecule has 72 valence electrons. The molecular weight excluding hydrogens is 182 g/mol. The van der Waals surface area contributed by atoms with Gasteiger partial charge in [-0.1, -0.05) is 12.7 Å². The van der Waals surface area contributed by atoms with Crippen molar-refractivity contribution < 1.29 is 0 Å². The maximum atomic E-state index is 5.39. The molecule has 0 aliphatic carbocycles. The second-order valence-corrected chi connectivity index (χ2v) is 3.37. The van der Waals surface area contributed by atoms with Crippen molar-refractivity contribution in [1.29, 1.82) is 0 Å². The smallest absolute Gasteiger partial charge is 0.175 e. The van der Waals surface area contributed by atoms with Gasteiger partial charge in [0.25, 0.3) is 0 Å². The molecule has 4 heteroatoms. The monoisotopic (exact) mass is 197 g/mol. The molecule has 0 saturated heterocycles. The summed E-state index contributed by atoms with van der Waals surface area (Å²) in [4.78, 5) is 5.97. The highest BCUT2D eigenvalue weighted by Gasteiger charge is 1.86. The Labute approximate surface area is 82.4 Å². The summed E-state index contributed by atoms with van der Waals surface area (Å²) in [6.07, 6.45) is 5.29. The number of rotatable bonds is 4. The highest BCUT2D eigenvalue weighted by atomic mass is 32.1. The summed E-state index contributed by atoms with van der Waals surface area (Å²) >= 11 is 4.93. The zero-order valence-corrected chi connectivity index (χ0v) is 8.41. The molecule has 3 nitrogen and oxygen atoms in total. The Kier molecular flexibility index (Phi) is 3.92. The van der Waals surface area contributed by atoms with Gasteiger partial charge in [-0.15, -0.1) is 0 Å². The van der Waals surface area contributed by atoms with E-state index in [4.69, 9.17) is 18.0 Å². The largest absolute Gasteiger partial charge is 0.331 e. The molecule has 13 heavy (non-hydrogen) atoms. The van der Waals surface area contributed by atoms with E-state index < -0.39 is 0 Å². The number of nitrogens with two attached hydrogens (primary N) is 1. The second kappa shape index (κ2) is 4.99. The van der Waals surface area contributed by atoms with Crippen LogP contribution in [-0.2, 0) is 0 Å². The molecule has 0 aliphatic rings. The number of H-pyrrole nitrogens is 2. The third kappa shape index (κ3) is 3.16. The van der Waals surface area contributed by atoms with E-state index in [-0.39, 0.29) is 0 Å². The lowest BCUT2D eigenvalue weighted by Crippen LogP contribution is -2.22. The fourth-order valence-corrected chi connectivity index (χ4v) is 1.38.